The molecule has 136 valence electrons. The van der Waals surface area contributed by atoms with Gasteiger partial charge in [-0.05, 0) is 24.1 Å². The SMILES string of the molecule is Cc1nc(N(CCO)Cc2ccccc2)c2cc(-c3ccccc3)sc2n1. The van der Waals surface area contributed by atoms with E-state index in [9.17, 15) is 5.11 Å². The zero-order valence-electron chi connectivity index (χ0n) is 15.2. The van der Waals surface area contributed by atoms with Crippen LogP contribution in [0.1, 0.15) is 11.4 Å². The number of hydrogen-bond acceptors (Lipinski definition) is 5. The van der Waals surface area contributed by atoms with Gasteiger partial charge in [0.15, 0.2) is 0 Å². The van der Waals surface area contributed by atoms with E-state index in [4.69, 9.17) is 4.98 Å². The molecule has 0 radical (unpaired) electrons. The van der Waals surface area contributed by atoms with Gasteiger partial charge in [0.25, 0.3) is 0 Å². The minimum atomic E-state index is 0.0764. The molecule has 2 aromatic heterocycles. The van der Waals surface area contributed by atoms with Crippen molar-refractivity contribution in [3.63, 3.8) is 0 Å². The normalized spacial score (nSPS) is 11.0. The molecule has 0 aliphatic rings. The Balaban J connectivity index is 1.79. The molecular formula is C22H21N3OS. The molecule has 0 bridgehead atoms. The average molecular weight is 375 g/mol. The van der Waals surface area contributed by atoms with Crippen molar-refractivity contribution < 1.29 is 5.11 Å². The highest BCUT2D eigenvalue weighted by Gasteiger charge is 2.17. The third-order valence-electron chi connectivity index (χ3n) is 4.43. The summed E-state index contributed by atoms with van der Waals surface area (Å²) in [6.45, 7) is 3.22. The van der Waals surface area contributed by atoms with Crippen LogP contribution in [0.3, 0.4) is 0 Å². The topological polar surface area (TPSA) is 49.2 Å². The van der Waals surface area contributed by atoms with Crippen molar-refractivity contribution in [2.75, 3.05) is 18.1 Å². The van der Waals surface area contributed by atoms with Crippen molar-refractivity contribution >= 4 is 27.4 Å². The van der Waals surface area contributed by atoms with E-state index >= 15 is 0 Å². The van der Waals surface area contributed by atoms with E-state index in [0.29, 0.717) is 13.1 Å². The van der Waals surface area contributed by atoms with Gasteiger partial charge in [-0.15, -0.1) is 11.3 Å². The maximum absolute atomic E-state index is 9.62. The molecule has 0 atom stereocenters. The summed E-state index contributed by atoms with van der Waals surface area (Å²) in [4.78, 5) is 13.7. The molecule has 2 aromatic carbocycles. The number of aryl methyl sites for hydroxylation is 1. The third-order valence-corrected chi connectivity index (χ3v) is 5.51. The maximum atomic E-state index is 9.62. The van der Waals surface area contributed by atoms with Gasteiger partial charge in [0.05, 0.1) is 12.0 Å². The maximum Gasteiger partial charge on any atom is 0.141 e. The Hall–Kier alpha value is -2.76. The van der Waals surface area contributed by atoms with Crippen LogP contribution < -0.4 is 4.90 Å². The molecule has 4 rings (SSSR count). The average Bonchev–Trinajstić information content (AvgIpc) is 3.12. The molecule has 4 nitrogen and oxygen atoms in total. The van der Waals surface area contributed by atoms with Crippen molar-refractivity contribution in [3.8, 4) is 10.4 Å². The van der Waals surface area contributed by atoms with Crippen molar-refractivity contribution in [3.05, 3.63) is 78.1 Å². The molecule has 4 aromatic rings. The molecular weight excluding hydrogens is 354 g/mol. The molecule has 5 heteroatoms. The Morgan fingerprint density at radius 3 is 2.37 bits per heavy atom. The molecule has 2 heterocycles. The van der Waals surface area contributed by atoms with Crippen LogP contribution in [-0.2, 0) is 6.54 Å². The molecule has 0 saturated heterocycles. The van der Waals surface area contributed by atoms with Crippen LogP contribution >= 0.6 is 11.3 Å². The number of nitrogens with zero attached hydrogens (tertiary/aromatic N) is 3. The Morgan fingerprint density at radius 2 is 1.67 bits per heavy atom. The van der Waals surface area contributed by atoms with Crippen LogP contribution in [-0.4, -0.2) is 28.2 Å². The summed E-state index contributed by atoms with van der Waals surface area (Å²) >= 11 is 1.68. The Labute approximate surface area is 162 Å². The van der Waals surface area contributed by atoms with Crippen LogP contribution in [0.25, 0.3) is 20.7 Å². The second-order valence-corrected chi connectivity index (χ2v) is 7.45. The summed E-state index contributed by atoms with van der Waals surface area (Å²) in [5.74, 6) is 1.63. The monoisotopic (exact) mass is 375 g/mol. The summed E-state index contributed by atoms with van der Waals surface area (Å²) < 4.78 is 0. The van der Waals surface area contributed by atoms with Gasteiger partial charge >= 0.3 is 0 Å². The van der Waals surface area contributed by atoms with Crippen molar-refractivity contribution in [1.82, 2.24) is 9.97 Å². The molecule has 0 amide bonds. The number of aliphatic hydroxyl groups excluding tert-OH is 1. The zero-order valence-corrected chi connectivity index (χ0v) is 16.0. The molecule has 0 spiro atoms. The minimum absolute atomic E-state index is 0.0764. The van der Waals surface area contributed by atoms with Gasteiger partial charge < -0.3 is 10.0 Å². The van der Waals surface area contributed by atoms with Crippen molar-refractivity contribution in [2.24, 2.45) is 0 Å². The van der Waals surface area contributed by atoms with Gasteiger partial charge in [0, 0.05) is 18.0 Å². The first kappa shape index (κ1) is 17.6. The van der Waals surface area contributed by atoms with E-state index in [1.54, 1.807) is 11.3 Å². The lowest BCUT2D eigenvalue weighted by molar-refractivity contribution is 0.301. The molecule has 27 heavy (non-hydrogen) atoms. The number of fused-ring (bicyclic) bond motifs is 1. The first-order valence-electron chi connectivity index (χ1n) is 8.98. The molecule has 1 N–H and O–H groups in total. The quantitative estimate of drug-likeness (QED) is 0.532. The lowest BCUT2D eigenvalue weighted by Crippen LogP contribution is -2.27. The summed E-state index contributed by atoms with van der Waals surface area (Å²) in [6.07, 6.45) is 0. The third kappa shape index (κ3) is 3.84. The Morgan fingerprint density at radius 1 is 0.963 bits per heavy atom. The number of rotatable bonds is 6. The molecule has 0 unspecified atom stereocenters. The first-order chi connectivity index (χ1) is 13.2. The van der Waals surface area contributed by atoms with E-state index < -0.39 is 0 Å². The Bertz CT molecular complexity index is 1030. The highest BCUT2D eigenvalue weighted by Crippen LogP contribution is 2.36. The number of aliphatic hydroxyl groups is 1. The fraction of sp³-hybridized carbons (Fsp3) is 0.182. The summed E-state index contributed by atoms with van der Waals surface area (Å²) in [5, 5.41) is 10.7. The zero-order chi connectivity index (χ0) is 18.6. The van der Waals surface area contributed by atoms with Crippen LogP contribution in [0.2, 0.25) is 0 Å². The first-order valence-corrected chi connectivity index (χ1v) is 9.79. The Kier molecular flexibility index (Phi) is 5.14. The van der Waals surface area contributed by atoms with E-state index in [1.165, 1.54) is 16.0 Å². The highest BCUT2D eigenvalue weighted by molar-refractivity contribution is 7.21. The van der Waals surface area contributed by atoms with Crippen molar-refractivity contribution in [1.29, 1.82) is 0 Å². The van der Waals surface area contributed by atoms with E-state index in [0.717, 1.165) is 21.9 Å². The summed E-state index contributed by atoms with van der Waals surface area (Å²) in [5.41, 5.74) is 2.37. The minimum Gasteiger partial charge on any atom is -0.395 e. The second-order valence-electron chi connectivity index (χ2n) is 6.42. The lowest BCUT2D eigenvalue weighted by atomic mass is 10.1. The van der Waals surface area contributed by atoms with Crippen molar-refractivity contribution in [2.45, 2.75) is 13.5 Å². The predicted molar refractivity (Wildman–Crippen MR) is 112 cm³/mol. The van der Waals surface area contributed by atoms with Crippen LogP contribution in [0.15, 0.2) is 66.7 Å². The van der Waals surface area contributed by atoms with Gasteiger partial charge in [-0.1, -0.05) is 60.7 Å². The van der Waals surface area contributed by atoms with Crippen LogP contribution in [0, 0.1) is 6.92 Å². The van der Waals surface area contributed by atoms with Gasteiger partial charge in [0.2, 0.25) is 0 Å². The van der Waals surface area contributed by atoms with E-state index in [2.05, 4.69) is 40.2 Å². The van der Waals surface area contributed by atoms with Crippen LogP contribution in [0.5, 0.6) is 0 Å². The predicted octanol–water partition coefficient (Wildman–Crippen LogP) is 4.67. The number of hydrogen-bond donors (Lipinski definition) is 1. The largest absolute Gasteiger partial charge is 0.395 e. The van der Waals surface area contributed by atoms with Gasteiger partial charge in [-0.25, -0.2) is 9.97 Å². The molecule has 0 aliphatic carbocycles. The lowest BCUT2D eigenvalue weighted by Gasteiger charge is -2.24. The number of anilines is 1. The number of benzene rings is 2. The highest BCUT2D eigenvalue weighted by atomic mass is 32.1. The van der Waals surface area contributed by atoms with Gasteiger partial charge in [-0.2, -0.15) is 0 Å². The number of thiophene rings is 1. The molecule has 0 aliphatic heterocycles. The summed E-state index contributed by atoms with van der Waals surface area (Å²) in [6, 6.07) is 22.8. The second kappa shape index (κ2) is 7.86. The van der Waals surface area contributed by atoms with Gasteiger partial charge in [-0.3, -0.25) is 0 Å². The smallest absolute Gasteiger partial charge is 0.141 e. The molecule has 0 fully saturated rings. The standard InChI is InChI=1S/C22H21N3OS/c1-16-23-21(25(12-13-26)15-17-8-4-2-5-9-17)19-14-20(27-22(19)24-16)18-10-6-3-7-11-18/h2-11,14,26H,12-13,15H2,1H3. The van der Waals surface area contributed by atoms with E-state index in [-0.39, 0.29) is 6.61 Å². The van der Waals surface area contributed by atoms with E-state index in [1.807, 2.05) is 43.3 Å². The number of aromatic nitrogens is 2. The molecule has 0 saturated carbocycles. The van der Waals surface area contributed by atoms with Gasteiger partial charge in [0.1, 0.15) is 16.5 Å². The fourth-order valence-electron chi connectivity index (χ4n) is 3.18. The van der Waals surface area contributed by atoms with Crippen LogP contribution in [0.4, 0.5) is 5.82 Å². The summed E-state index contributed by atoms with van der Waals surface area (Å²) in [7, 11) is 0. The fourth-order valence-corrected chi connectivity index (χ4v) is 4.26.